The molecule has 0 aliphatic carbocycles. The Balaban J connectivity index is 1.66. The summed E-state index contributed by atoms with van der Waals surface area (Å²) in [6.07, 6.45) is 1.76. The van der Waals surface area contributed by atoms with Gasteiger partial charge in [-0.2, -0.15) is 0 Å². The van der Waals surface area contributed by atoms with E-state index in [1.165, 1.54) is 11.3 Å². The number of thiazole rings is 1. The lowest BCUT2D eigenvalue weighted by Crippen LogP contribution is -2.38. The number of H-pyrrole nitrogens is 1. The molecule has 0 spiro atoms. The van der Waals surface area contributed by atoms with Crippen molar-refractivity contribution in [2.24, 2.45) is 0 Å². The molecule has 3 aromatic heterocycles. The summed E-state index contributed by atoms with van der Waals surface area (Å²) in [7, 11) is 0. The highest BCUT2D eigenvalue weighted by atomic mass is 32.1. The monoisotopic (exact) mass is 347 g/mol. The minimum absolute atomic E-state index is 0.149. The molecule has 0 bridgehead atoms. The number of aromatic nitrogens is 2. The average Bonchev–Trinajstić information content (AvgIpc) is 3.24. The van der Waals surface area contributed by atoms with Crippen molar-refractivity contribution < 1.29 is 9.90 Å². The molecule has 0 saturated carbocycles. The molecule has 1 atom stereocenters. The highest BCUT2D eigenvalue weighted by molar-refractivity contribution is 7.10. The topological polar surface area (TPSA) is 78.0 Å². The summed E-state index contributed by atoms with van der Waals surface area (Å²) in [4.78, 5) is 20.4. The smallest absolute Gasteiger partial charge is 0.267 e. The van der Waals surface area contributed by atoms with Crippen molar-refractivity contribution in [1.82, 2.24) is 15.3 Å². The van der Waals surface area contributed by atoms with E-state index in [1.807, 2.05) is 29.8 Å². The van der Waals surface area contributed by atoms with Crippen LogP contribution in [0.25, 0.3) is 11.3 Å². The summed E-state index contributed by atoms with van der Waals surface area (Å²) >= 11 is 3.04. The largest absolute Gasteiger partial charge is 0.383 e. The molecule has 0 aromatic carbocycles. The Bertz CT molecular complexity index is 803. The fourth-order valence-corrected chi connectivity index (χ4v) is 3.60. The second kappa shape index (κ2) is 6.27. The fourth-order valence-electron chi connectivity index (χ4n) is 2.19. The third-order valence-corrected chi connectivity index (χ3v) is 5.38. The number of thiophene rings is 1. The van der Waals surface area contributed by atoms with Crippen LogP contribution >= 0.6 is 22.7 Å². The molecule has 0 saturated heterocycles. The fraction of sp³-hybridized carbons (Fsp3) is 0.250. The van der Waals surface area contributed by atoms with Gasteiger partial charge >= 0.3 is 0 Å². The van der Waals surface area contributed by atoms with Crippen LogP contribution in [0.5, 0.6) is 0 Å². The standard InChI is InChI=1S/C16H17N3O2S2/c1-10-19-13(8-23-10)11-6-12(17-7-11)15(20)18-9-16(2,21)14-4-3-5-22-14/h3-8,17,21H,9H2,1-2H3,(H,18,20). The maximum Gasteiger partial charge on any atom is 0.267 e. The van der Waals surface area contributed by atoms with Crippen LogP contribution in [0, 0.1) is 6.92 Å². The number of nitrogens with zero attached hydrogens (tertiary/aromatic N) is 1. The Labute approximate surface area is 142 Å². The highest BCUT2D eigenvalue weighted by Crippen LogP contribution is 2.25. The first kappa shape index (κ1) is 15.9. The zero-order valence-electron chi connectivity index (χ0n) is 12.8. The van der Waals surface area contributed by atoms with Crippen LogP contribution in [0.3, 0.4) is 0 Å². The van der Waals surface area contributed by atoms with Gasteiger partial charge in [-0.25, -0.2) is 4.98 Å². The molecule has 23 heavy (non-hydrogen) atoms. The maximum absolute atomic E-state index is 12.2. The number of amides is 1. The van der Waals surface area contributed by atoms with Crippen molar-refractivity contribution >= 4 is 28.6 Å². The summed E-state index contributed by atoms with van der Waals surface area (Å²) in [5.74, 6) is -0.250. The van der Waals surface area contributed by atoms with E-state index in [4.69, 9.17) is 0 Å². The van der Waals surface area contributed by atoms with E-state index in [1.54, 1.807) is 30.5 Å². The van der Waals surface area contributed by atoms with E-state index in [9.17, 15) is 9.90 Å². The molecule has 0 aliphatic heterocycles. The van der Waals surface area contributed by atoms with Gasteiger partial charge in [-0.1, -0.05) is 6.07 Å². The number of carbonyl (C=O) groups is 1. The summed E-state index contributed by atoms with van der Waals surface area (Å²) in [5.41, 5.74) is 1.11. The lowest BCUT2D eigenvalue weighted by atomic mass is 10.1. The summed E-state index contributed by atoms with van der Waals surface area (Å²) in [5, 5.41) is 18.0. The molecular weight excluding hydrogens is 330 g/mol. The number of aromatic amines is 1. The molecule has 3 aromatic rings. The molecule has 120 valence electrons. The minimum Gasteiger partial charge on any atom is -0.383 e. The average molecular weight is 347 g/mol. The third kappa shape index (κ3) is 3.52. The number of aryl methyl sites for hydroxylation is 1. The van der Waals surface area contributed by atoms with Crippen molar-refractivity contribution in [3.63, 3.8) is 0 Å². The SMILES string of the molecule is Cc1nc(-c2c[nH]c(C(=O)NCC(C)(O)c3cccs3)c2)cs1. The first-order valence-corrected chi connectivity index (χ1v) is 8.87. The lowest BCUT2D eigenvalue weighted by Gasteiger charge is -2.22. The Kier molecular flexibility index (Phi) is 4.34. The minimum atomic E-state index is -1.08. The second-order valence-corrected chi connectivity index (χ2v) is 7.50. The summed E-state index contributed by atoms with van der Waals surface area (Å²) < 4.78 is 0. The Hall–Kier alpha value is -1.96. The van der Waals surface area contributed by atoms with Gasteiger partial charge in [0.2, 0.25) is 0 Å². The van der Waals surface area contributed by atoms with Crippen LogP contribution < -0.4 is 5.32 Å². The predicted molar refractivity (Wildman–Crippen MR) is 92.9 cm³/mol. The van der Waals surface area contributed by atoms with E-state index in [-0.39, 0.29) is 12.5 Å². The number of nitrogens with one attached hydrogen (secondary N) is 2. The molecule has 3 heterocycles. The molecule has 0 radical (unpaired) electrons. The second-order valence-electron chi connectivity index (χ2n) is 5.49. The quantitative estimate of drug-likeness (QED) is 0.663. The van der Waals surface area contributed by atoms with Gasteiger partial charge in [-0.15, -0.1) is 22.7 Å². The Morgan fingerprint density at radius 2 is 2.30 bits per heavy atom. The van der Waals surface area contributed by atoms with Crippen LogP contribution in [0.2, 0.25) is 0 Å². The summed E-state index contributed by atoms with van der Waals surface area (Å²) in [6, 6.07) is 5.50. The number of rotatable bonds is 5. The molecule has 0 fully saturated rings. The van der Waals surface area contributed by atoms with Gasteiger partial charge < -0.3 is 15.4 Å². The van der Waals surface area contributed by atoms with Gasteiger partial charge in [0, 0.05) is 22.0 Å². The van der Waals surface area contributed by atoms with Crippen molar-refractivity contribution in [3.05, 3.63) is 50.7 Å². The van der Waals surface area contributed by atoms with E-state index < -0.39 is 5.60 Å². The van der Waals surface area contributed by atoms with Gasteiger partial charge in [-0.3, -0.25) is 4.79 Å². The molecular formula is C16H17N3O2S2. The lowest BCUT2D eigenvalue weighted by molar-refractivity contribution is 0.0555. The normalized spacial score (nSPS) is 13.7. The van der Waals surface area contributed by atoms with Gasteiger partial charge in [0.05, 0.1) is 17.2 Å². The van der Waals surface area contributed by atoms with Crippen LogP contribution in [0.1, 0.15) is 27.3 Å². The Morgan fingerprint density at radius 3 is 2.96 bits per heavy atom. The van der Waals surface area contributed by atoms with E-state index in [2.05, 4.69) is 15.3 Å². The molecule has 5 nitrogen and oxygen atoms in total. The zero-order chi connectivity index (χ0) is 16.4. The number of hydrogen-bond donors (Lipinski definition) is 3. The van der Waals surface area contributed by atoms with E-state index in [0.717, 1.165) is 21.1 Å². The first-order valence-electron chi connectivity index (χ1n) is 7.11. The number of carbonyl (C=O) groups excluding carboxylic acids is 1. The third-order valence-electron chi connectivity index (χ3n) is 3.49. The molecule has 3 N–H and O–H groups in total. The summed E-state index contributed by atoms with van der Waals surface area (Å²) in [6.45, 7) is 3.79. The van der Waals surface area contributed by atoms with Crippen molar-refractivity contribution in [1.29, 1.82) is 0 Å². The van der Waals surface area contributed by atoms with Crippen molar-refractivity contribution in [3.8, 4) is 11.3 Å². The molecule has 1 amide bonds. The van der Waals surface area contributed by atoms with Gasteiger partial charge in [-0.05, 0) is 31.4 Å². The number of aliphatic hydroxyl groups is 1. The zero-order valence-corrected chi connectivity index (χ0v) is 14.4. The first-order chi connectivity index (χ1) is 11.0. The highest BCUT2D eigenvalue weighted by Gasteiger charge is 2.25. The van der Waals surface area contributed by atoms with Crippen LogP contribution in [0.4, 0.5) is 0 Å². The van der Waals surface area contributed by atoms with Crippen LogP contribution in [0.15, 0.2) is 35.2 Å². The molecule has 3 rings (SSSR count). The predicted octanol–water partition coefficient (Wildman–Crippen LogP) is 3.15. The van der Waals surface area contributed by atoms with Crippen molar-refractivity contribution in [2.45, 2.75) is 19.4 Å². The molecule has 1 unspecified atom stereocenters. The van der Waals surface area contributed by atoms with E-state index >= 15 is 0 Å². The van der Waals surface area contributed by atoms with Crippen LogP contribution in [-0.2, 0) is 5.60 Å². The molecule has 7 heteroatoms. The molecule has 0 aliphatic rings. The Morgan fingerprint density at radius 1 is 1.48 bits per heavy atom. The number of hydrogen-bond acceptors (Lipinski definition) is 5. The van der Waals surface area contributed by atoms with Crippen molar-refractivity contribution in [2.75, 3.05) is 6.54 Å². The van der Waals surface area contributed by atoms with Gasteiger partial charge in [0.25, 0.3) is 5.91 Å². The van der Waals surface area contributed by atoms with Gasteiger partial charge in [0.15, 0.2) is 0 Å². The maximum atomic E-state index is 12.2. The van der Waals surface area contributed by atoms with E-state index in [0.29, 0.717) is 5.69 Å². The van der Waals surface area contributed by atoms with Crippen LogP contribution in [-0.4, -0.2) is 27.5 Å². The van der Waals surface area contributed by atoms with Gasteiger partial charge in [0.1, 0.15) is 11.3 Å².